The monoisotopic (exact) mass is 509 g/mol. The number of morpholine rings is 1. The molecule has 3 heterocycles. The van der Waals surface area contributed by atoms with Crippen LogP contribution in [-0.2, 0) is 25.9 Å². The molecule has 188 valence electrons. The number of hydrogen-bond acceptors (Lipinski definition) is 6. The van der Waals surface area contributed by atoms with E-state index >= 15 is 0 Å². The molecular weight excluding hydrogens is 482 g/mol. The summed E-state index contributed by atoms with van der Waals surface area (Å²) in [6.45, 7) is 4.53. The van der Waals surface area contributed by atoms with Crippen LogP contribution in [0.25, 0.3) is 10.9 Å². The van der Waals surface area contributed by atoms with E-state index in [-0.39, 0.29) is 47.2 Å². The molecule has 10 heteroatoms. The molecule has 0 spiro atoms. The summed E-state index contributed by atoms with van der Waals surface area (Å²) in [5.41, 5.74) is 1.18. The Morgan fingerprint density at radius 3 is 2.17 bits per heavy atom. The summed E-state index contributed by atoms with van der Waals surface area (Å²) in [4.78, 5) is 41.2. The van der Waals surface area contributed by atoms with Gasteiger partial charge >= 0.3 is 0 Å². The Bertz CT molecular complexity index is 1430. The molecule has 2 atom stereocenters. The third-order valence-electron chi connectivity index (χ3n) is 6.63. The van der Waals surface area contributed by atoms with Gasteiger partial charge in [0, 0.05) is 36.7 Å². The van der Waals surface area contributed by atoms with Crippen molar-refractivity contribution in [2.75, 3.05) is 25.4 Å². The maximum Gasteiger partial charge on any atom is 0.261 e. The molecule has 2 aliphatic heterocycles. The lowest BCUT2D eigenvalue weighted by Gasteiger charge is -2.35. The zero-order valence-electron chi connectivity index (χ0n) is 20.1. The second-order valence-electron chi connectivity index (χ2n) is 9.32. The zero-order valence-corrected chi connectivity index (χ0v) is 20.9. The van der Waals surface area contributed by atoms with E-state index < -0.39 is 27.4 Å². The number of imide groups is 1. The van der Waals surface area contributed by atoms with E-state index in [4.69, 9.17) is 4.74 Å². The molecule has 1 aromatic heterocycles. The molecular formula is C26H27N3O6S. The average Bonchev–Trinajstić information content (AvgIpc) is 3.33. The Labute approximate surface area is 209 Å². The van der Waals surface area contributed by atoms with E-state index in [1.165, 1.54) is 6.20 Å². The van der Waals surface area contributed by atoms with Crippen molar-refractivity contribution in [1.29, 1.82) is 0 Å². The van der Waals surface area contributed by atoms with Crippen LogP contribution in [0.15, 0.2) is 59.6 Å². The number of hydrogen-bond donors (Lipinski definition) is 0. The highest BCUT2D eigenvalue weighted by molar-refractivity contribution is 7.91. The lowest BCUT2D eigenvalue weighted by Crippen LogP contribution is -2.49. The van der Waals surface area contributed by atoms with Gasteiger partial charge < -0.3 is 14.2 Å². The highest BCUT2D eigenvalue weighted by atomic mass is 32.2. The van der Waals surface area contributed by atoms with Crippen molar-refractivity contribution in [3.8, 4) is 0 Å². The molecule has 1 saturated heterocycles. The summed E-state index contributed by atoms with van der Waals surface area (Å²) >= 11 is 0. The number of benzene rings is 2. The number of aromatic nitrogens is 1. The van der Waals surface area contributed by atoms with Gasteiger partial charge in [-0.15, -0.1) is 0 Å². The number of fused-ring (bicyclic) bond motifs is 2. The molecule has 5 rings (SSSR count). The number of amides is 3. The van der Waals surface area contributed by atoms with Crippen LogP contribution in [0, 0.1) is 0 Å². The number of sulfone groups is 1. The first-order valence-electron chi connectivity index (χ1n) is 11.8. The number of carbonyl (C=O) groups is 3. The fraction of sp³-hybridized carbons (Fsp3) is 0.346. The molecule has 3 amide bonds. The quantitative estimate of drug-likeness (QED) is 0.473. The van der Waals surface area contributed by atoms with E-state index in [1.807, 2.05) is 13.8 Å². The van der Waals surface area contributed by atoms with Crippen molar-refractivity contribution in [2.24, 2.45) is 0 Å². The summed E-state index contributed by atoms with van der Waals surface area (Å²) in [5.74, 6) is -1.52. The minimum absolute atomic E-state index is 0.00607. The summed E-state index contributed by atoms with van der Waals surface area (Å²) < 4.78 is 34.2. The third-order valence-corrected chi connectivity index (χ3v) is 8.34. The van der Waals surface area contributed by atoms with Crippen molar-refractivity contribution in [2.45, 2.75) is 37.5 Å². The number of nitrogens with zero attached hydrogens (tertiary/aromatic N) is 3. The van der Waals surface area contributed by atoms with Crippen LogP contribution in [0.4, 0.5) is 0 Å². The zero-order chi connectivity index (χ0) is 25.6. The second-order valence-corrected chi connectivity index (χ2v) is 11.4. The van der Waals surface area contributed by atoms with Gasteiger partial charge in [0.05, 0.1) is 34.0 Å². The molecule has 0 bridgehead atoms. The molecule has 3 aromatic rings. The largest absolute Gasteiger partial charge is 0.372 e. The van der Waals surface area contributed by atoms with Crippen LogP contribution < -0.4 is 0 Å². The Balaban J connectivity index is 1.38. The first kappa shape index (κ1) is 24.2. The van der Waals surface area contributed by atoms with E-state index in [0.717, 1.165) is 4.90 Å². The van der Waals surface area contributed by atoms with Gasteiger partial charge in [-0.2, -0.15) is 0 Å². The third kappa shape index (κ3) is 4.31. The predicted molar refractivity (Wildman–Crippen MR) is 132 cm³/mol. The second kappa shape index (κ2) is 9.18. The first-order valence-corrected chi connectivity index (χ1v) is 13.5. The Morgan fingerprint density at radius 2 is 1.53 bits per heavy atom. The summed E-state index contributed by atoms with van der Waals surface area (Å²) in [6.07, 6.45) is 1.34. The van der Waals surface area contributed by atoms with Gasteiger partial charge in [0.25, 0.3) is 11.8 Å². The van der Waals surface area contributed by atoms with E-state index in [1.54, 1.807) is 58.0 Å². The van der Waals surface area contributed by atoms with Gasteiger partial charge in [0.2, 0.25) is 5.91 Å². The molecule has 9 nitrogen and oxygen atoms in total. The Hall–Kier alpha value is -3.50. The first-order chi connectivity index (χ1) is 17.2. The molecule has 0 radical (unpaired) electrons. The van der Waals surface area contributed by atoms with Gasteiger partial charge in [-0.25, -0.2) is 8.42 Å². The van der Waals surface area contributed by atoms with Crippen LogP contribution >= 0.6 is 0 Å². The highest BCUT2D eigenvalue weighted by Gasteiger charge is 2.36. The summed E-state index contributed by atoms with van der Waals surface area (Å²) in [6, 6.07) is 13.5. The predicted octanol–water partition coefficient (Wildman–Crippen LogP) is 2.35. The van der Waals surface area contributed by atoms with Crippen LogP contribution in [0.2, 0.25) is 0 Å². The van der Waals surface area contributed by atoms with Gasteiger partial charge in [0.1, 0.15) is 6.54 Å². The standard InChI is InChI=1S/C26H27N3O6S/c1-17-13-28(14-18(2)35-17)24(30)16-27-15-23(21-9-5-6-10-22(21)27)36(33,34)12-11-29-25(31)19-7-3-4-8-20(19)26(29)32/h3-10,15,17-18H,11-14,16H2,1-2H3. The molecule has 0 saturated carbocycles. The summed E-state index contributed by atoms with van der Waals surface area (Å²) in [7, 11) is -3.88. The topological polar surface area (TPSA) is 106 Å². The van der Waals surface area contributed by atoms with E-state index in [2.05, 4.69) is 0 Å². The van der Waals surface area contributed by atoms with E-state index in [9.17, 15) is 22.8 Å². The number of ether oxygens (including phenoxy) is 1. The number of para-hydroxylation sites is 1. The van der Waals surface area contributed by atoms with Gasteiger partial charge in [0.15, 0.2) is 9.84 Å². The Kier molecular flexibility index (Phi) is 6.17. The highest BCUT2D eigenvalue weighted by Crippen LogP contribution is 2.28. The van der Waals surface area contributed by atoms with Gasteiger partial charge in [-0.05, 0) is 32.0 Å². The molecule has 2 aromatic carbocycles. The number of rotatable bonds is 6. The minimum Gasteiger partial charge on any atom is -0.372 e. The van der Waals surface area contributed by atoms with Gasteiger partial charge in [-0.3, -0.25) is 19.3 Å². The van der Waals surface area contributed by atoms with Crippen LogP contribution in [0.1, 0.15) is 34.6 Å². The number of carbonyl (C=O) groups excluding carboxylic acids is 3. The lowest BCUT2D eigenvalue weighted by atomic mass is 10.1. The van der Waals surface area contributed by atoms with Gasteiger partial charge in [-0.1, -0.05) is 30.3 Å². The minimum atomic E-state index is -3.88. The van der Waals surface area contributed by atoms with E-state index in [0.29, 0.717) is 24.0 Å². The fourth-order valence-electron chi connectivity index (χ4n) is 4.98. The maximum absolute atomic E-state index is 13.4. The van der Waals surface area contributed by atoms with Crippen molar-refractivity contribution in [3.05, 3.63) is 65.9 Å². The normalized spacial score (nSPS) is 20.3. The molecule has 1 fully saturated rings. The molecule has 2 unspecified atom stereocenters. The molecule has 36 heavy (non-hydrogen) atoms. The van der Waals surface area contributed by atoms with Crippen molar-refractivity contribution in [3.63, 3.8) is 0 Å². The Morgan fingerprint density at radius 1 is 0.944 bits per heavy atom. The van der Waals surface area contributed by atoms with Crippen molar-refractivity contribution < 1.29 is 27.5 Å². The van der Waals surface area contributed by atoms with Crippen molar-refractivity contribution in [1.82, 2.24) is 14.4 Å². The lowest BCUT2D eigenvalue weighted by molar-refractivity contribution is -0.143. The van der Waals surface area contributed by atoms with Crippen LogP contribution in [0.5, 0.6) is 0 Å². The summed E-state index contributed by atoms with van der Waals surface area (Å²) in [5, 5.41) is 0.497. The van der Waals surface area contributed by atoms with Crippen LogP contribution in [0.3, 0.4) is 0 Å². The van der Waals surface area contributed by atoms with Crippen molar-refractivity contribution >= 4 is 38.5 Å². The molecule has 0 aliphatic carbocycles. The molecule has 0 N–H and O–H groups in total. The van der Waals surface area contributed by atoms with Crippen LogP contribution in [-0.4, -0.2) is 78.1 Å². The average molecular weight is 510 g/mol. The fourth-order valence-corrected chi connectivity index (χ4v) is 6.42. The maximum atomic E-state index is 13.4. The molecule has 2 aliphatic rings. The SMILES string of the molecule is CC1CN(C(=O)Cn2cc(S(=O)(=O)CCN3C(=O)c4ccccc4C3=O)c3ccccc32)CC(C)O1. The smallest absolute Gasteiger partial charge is 0.261 e.